The third kappa shape index (κ3) is 6.13. The van der Waals surface area contributed by atoms with E-state index in [0.29, 0.717) is 12.3 Å². The summed E-state index contributed by atoms with van der Waals surface area (Å²) in [5.74, 6) is 1.09. The lowest BCUT2D eigenvalue weighted by molar-refractivity contribution is 0.474. The van der Waals surface area contributed by atoms with E-state index < -0.39 is 0 Å². The van der Waals surface area contributed by atoms with E-state index in [0.717, 1.165) is 48.0 Å². The normalized spacial score (nSPS) is 11.3. The molecule has 128 valence electrons. The number of guanidine groups is 1. The summed E-state index contributed by atoms with van der Waals surface area (Å²) >= 11 is 6.16. The van der Waals surface area contributed by atoms with Crippen LogP contribution in [0.2, 0.25) is 5.02 Å². The summed E-state index contributed by atoms with van der Waals surface area (Å²) in [4.78, 5) is 4.58. The fourth-order valence-electron chi connectivity index (χ4n) is 2.37. The molecule has 5 heteroatoms. The monoisotopic (exact) mass is 345 g/mol. The minimum atomic E-state index is 0.299. The highest BCUT2D eigenvalue weighted by atomic mass is 35.5. The molecule has 0 aliphatic rings. The molecule has 0 bridgehead atoms. The Bertz CT molecular complexity index is 673. The Morgan fingerprint density at radius 3 is 2.67 bits per heavy atom. The van der Waals surface area contributed by atoms with Crippen LogP contribution in [0.1, 0.15) is 18.1 Å². The molecule has 0 amide bonds. The number of aliphatic imine (C=N–C) groups is 1. The number of rotatable bonds is 7. The Hall–Kier alpha value is -2.20. The van der Waals surface area contributed by atoms with Crippen LogP contribution >= 0.6 is 11.6 Å². The molecular weight excluding hydrogens is 322 g/mol. The van der Waals surface area contributed by atoms with Gasteiger partial charge in [0.25, 0.3) is 0 Å². The van der Waals surface area contributed by atoms with Gasteiger partial charge in [-0.15, -0.1) is 0 Å². The van der Waals surface area contributed by atoms with Crippen molar-refractivity contribution in [1.29, 1.82) is 0 Å². The van der Waals surface area contributed by atoms with Crippen molar-refractivity contribution < 1.29 is 5.11 Å². The van der Waals surface area contributed by atoms with Crippen LogP contribution in [-0.2, 0) is 12.8 Å². The zero-order valence-electron chi connectivity index (χ0n) is 13.9. The fourth-order valence-corrected chi connectivity index (χ4v) is 2.60. The van der Waals surface area contributed by atoms with E-state index in [1.54, 1.807) is 12.1 Å². The van der Waals surface area contributed by atoms with Gasteiger partial charge in [-0.3, -0.25) is 4.99 Å². The molecule has 3 N–H and O–H groups in total. The molecule has 0 aromatic heterocycles. The summed E-state index contributed by atoms with van der Waals surface area (Å²) in [6.07, 6.45) is 1.63. The zero-order chi connectivity index (χ0) is 17.2. The van der Waals surface area contributed by atoms with E-state index in [9.17, 15) is 5.11 Å². The number of benzene rings is 2. The first kappa shape index (κ1) is 18.1. The van der Waals surface area contributed by atoms with Gasteiger partial charge >= 0.3 is 0 Å². The van der Waals surface area contributed by atoms with Crippen LogP contribution in [0.15, 0.2) is 53.5 Å². The van der Waals surface area contributed by atoms with Crippen molar-refractivity contribution in [3.63, 3.8) is 0 Å². The summed E-state index contributed by atoms with van der Waals surface area (Å²) in [5.41, 5.74) is 2.20. The van der Waals surface area contributed by atoms with Gasteiger partial charge in [0.2, 0.25) is 0 Å². The van der Waals surface area contributed by atoms with Gasteiger partial charge in [0.1, 0.15) is 5.75 Å². The van der Waals surface area contributed by atoms with Gasteiger partial charge in [-0.2, -0.15) is 0 Å². The summed E-state index contributed by atoms with van der Waals surface area (Å²) in [6, 6.07) is 15.2. The molecule has 0 saturated heterocycles. The Kier molecular flexibility index (Phi) is 7.43. The third-order valence-electron chi connectivity index (χ3n) is 3.57. The van der Waals surface area contributed by atoms with Gasteiger partial charge in [-0.1, -0.05) is 41.9 Å². The summed E-state index contributed by atoms with van der Waals surface area (Å²) in [7, 11) is 0. The molecule has 0 fully saturated rings. The van der Waals surface area contributed by atoms with Gasteiger partial charge < -0.3 is 15.7 Å². The average molecular weight is 346 g/mol. The van der Waals surface area contributed by atoms with Gasteiger partial charge in [0, 0.05) is 24.7 Å². The molecule has 2 aromatic rings. The maximum absolute atomic E-state index is 9.49. The lowest BCUT2D eigenvalue weighted by Crippen LogP contribution is -2.38. The molecule has 2 rings (SSSR count). The molecule has 0 aliphatic heterocycles. The van der Waals surface area contributed by atoms with Gasteiger partial charge in [-0.05, 0) is 49.1 Å². The highest BCUT2D eigenvalue weighted by Gasteiger charge is 2.01. The first-order valence-electron chi connectivity index (χ1n) is 8.22. The number of hydrogen-bond acceptors (Lipinski definition) is 2. The predicted octanol–water partition coefficient (Wildman–Crippen LogP) is 3.39. The van der Waals surface area contributed by atoms with Gasteiger partial charge in [0.05, 0.1) is 0 Å². The standard InChI is InChI=1S/C19H24ClN3O/c1-2-21-19(22-12-10-15-6-5-8-17(24)14-15)23-13-11-16-7-3-4-9-18(16)20/h3-9,14,24H,2,10-13H2,1H3,(H2,21,22,23). The minimum Gasteiger partial charge on any atom is -0.508 e. The van der Waals surface area contributed by atoms with Gasteiger partial charge in [-0.25, -0.2) is 0 Å². The second kappa shape index (κ2) is 9.83. The maximum Gasteiger partial charge on any atom is 0.191 e. The number of nitrogens with one attached hydrogen (secondary N) is 2. The van der Waals surface area contributed by atoms with Crippen molar-refractivity contribution in [3.8, 4) is 5.75 Å². The molecule has 0 aliphatic carbocycles. The van der Waals surface area contributed by atoms with Crippen molar-refractivity contribution in [2.45, 2.75) is 19.8 Å². The zero-order valence-corrected chi connectivity index (χ0v) is 14.7. The first-order chi connectivity index (χ1) is 11.7. The molecule has 0 saturated carbocycles. The summed E-state index contributed by atoms with van der Waals surface area (Å²) in [6.45, 7) is 4.27. The van der Waals surface area contributed by atoms with Crippen molar-refractivity contribution in [1.82, 2.24) is 10.6 Å². The molecule has 0 spiro atoms. The molecule has 0 atom stereocenters. The van der Waals surface area contributed by atoms with E-state index in [4.69, 9.17) is 11.6 Å². The first-order valence-corrected chi connectivity index (χ1v) is 8.60. The number of nitrogens with zero attached hydrogens (tertiary/aromatic N) is 1. The predicted molar refractivity (Wildman–Crippen MR) is 101 cm³/mol. The highest BCUT2D eigenvalue weighted by Crippen LogP contribution is 2.15. The lowest BCUT2D eigenvalue weighted by Gasteiger charge is -2.11. The largest absolute Gasteiger partial charge is 0.508 e. The van der Waals surface area contributed by atoms with E-state index in [1.807, 2.05) is 43.3 Å². The third-order valence-corrected chi connectivity index (χ3v) is 3.94. The number of phenolic OH excluding ortho intramolecular Hbond substituents is 1. The Morgan fingerprint density at radius 2 is 1.92 bits per heavy atom. The highest BCUT2D eigenvalue weighted by molar-refractivity contribution is 6.31. The quantitative estimate of drug-likeness (QED) is 0.532. The summed E-state index contributed by atoms with van der Waals surface area (Å²) in [5, 5.41) is 16.8. The average Bonchev–Trinajstić information content (AvgIpc) is 2.57. The van der Waals surface area contributed by atoms with Crippen molar-refractivity contribution in [2.24, 2.45) is 4.99 Å². The molecule has 0 unspecified atom stereocenters. The van der Waals surface area contributed by atoms with Crippen molar-refractivity contribution in [3.05, 3.63) is 64.7 Å². The molecular formula is C19H24ClN3O. The van der Waals surface area contributed by atoms with Crippen molar-refractivity contribution >= 4 is 17.6 Å². The van der Waals surface area contributed by atoms with Crippen LogP contribution in [0, 0.1) is 0 Å². The van der Waals surface area contributed by atoms with Crippen LogP contribution in [0.4, 0.5) is 0 Å². The number of hydrogen-bond donors (Lipinski definition) is 3. The number of halogens is 1. The van der Waals surface area contributed by atoms with E-state index >= 15 is 0 Å². The Labute approximate surface area is 148 Å². The second-order valence-corrected chi connectivity index (χ2v) is 5.86. The molecule has 2 aromatic carbocycles. The molecule has 0 radical (unpaired) electrons. The number of phenols is 1. The molecule has 24 heavy (non-hydrogen) atoms. The van der Waals surface area contributed by atoms with E-state index in [-0.39, 0.29) is 0 Å². The number of aromatic hydroxyl groups is 1. The SMILES string of the molecule is CCNC(=NCCc1ccccc1Cl)NCCc1cccc(O)c1. The Morgan fingerprint density at radius 1 is 1.08 bits per heavy atom. The van der Waals surface area contributed by atoms with Crippen LogP contribution in [0.25, 0.3) is 0 Å². The van der Waals surface area contributed by atoms with Crippen LogP contribution in [0.5, 0.6) is 5.75 Å². The van der Waals surface area contributed by atoms with E-state index in [1.165, 1.54) is 0 Å². The summed E-state index contributed by atoms with van der Waals surface area (Å²) < 4.78 is 0. The minimum absolute atomic E-state index is 0.299. The fraction of sp³-hybridized carbons (Fsp3) is 0.316. The van der Waals surface area contributed by atoms with E-state index in [2.05, 4.69) is 15.6 Å². The molecule has 4 nitrogen and oxygen atoms in total. The second-order valence-electron chi connectivity index (χ2n) is 5.45. The Balaban J connectivity index is 1.83. The maximum atomic E-state index is 9.49. The smallest absolute Gasteiger partial charge is 0.191 e. The topological polar surface area (TPSA) is 56.7 Å². The van der Waals surface area contributed by atoms with Crippen LogP contribution < -0.4 is 10.6 Å². The van der Waals surface area contributed by atoms with Gasteiger partial charge in [0.15, 0.2) is 5.96 Å². The van der Waals surface area contributed by atoms with Crippen LogP contribution in [-0.4, -0.2) is 30.7 Å². The van der Waals surface area contributed by atoms with Crippen LogP contribution in [0.3, 0.4) is 0 Å². The lowest BCUT2D eigenvalue weighted by atomic mass is 10.1. The molecule has 0 heterocycles. The van der Waals surface area contributed by atoms with Crippen molar-refractivity contribution in [2.75, 3.05) is 19.6 Å².